The van der Waals surface area contributed by atoms with Crippen molar-refractivity contribution < 1.29 is 13.6 Å². The van der Waals surface area contributed by atoms with Crippen LogP contribution in [0.25, 0.3) is 0 Å². The van der Waals surface area contributed by atoms with Gasteiger partial charge in [0, 0.05) is 24.0 Å². The lowest BCUT2D eigenvalue weighted by Gasteiger charge is -2.21. The molecule has 5 heteroatoms. The van der Waals surface area contributed by atoms with Crippen LogP contribution in [0.4, 0.5) is 20.2 Å². The number of rotatable bonds is 4. The molecule has 110 valence electrons. The molecule has 2 N–H and O–H groups in total. The Morgan fingerprint density at radius 3 is 2.38 bits per heavy atom. The summed E-state index contributed by atoms with van der Waals surface area (Å²) in [6, 6.07) is 10.1. The van der Waals surface area contributed by atoms with Crippen LogP contribution in [-0.2, 0) is 11.2 Å². The molecule has 1 amide bonds. The molecule has 0 aliphatic rings. The summed E-state index contributed by atoms with van der Waals surface area (Å²) < 4.78 is 26.5. The fraction of sp³-hybridized carbons (Fsp3) is 0.188. The lowest BCUT2D eigenvalue weighted by Crippen LogP contribution is -2.32. The molecule has 0 aliphatic heterocycles. The Kier molecular flexibility index (Phi) is 4.52. The van der Waals surface area contributed by atoms with Crippen molar-refractivity contribution in [1.29, 1.82) is 0 Å². The van der Waals surface area contributed by atoms with Crippen LogP contribution in [0.2, 0.25) is 0 Å². The van der Waals surface area contributed by atoms with E-state index >= 15 is 0 Å². The topological polar surface area (TPSA) is 46.3 Å². The van der Waals surface area contributed by atoms with E-state index in [4.69, 9.17) is 5.73 Å². The number of halogens is 2. The summed E-state index contributed by atoms with van der Waals surface area (Å²) in [7, 11) is 0. The maximum Gasteiger partial charge on any atom is 0.231 e. The lowest BCUT2D eigenvalue weighted by atomic mass is 10.1. The summed E-state index contributed by atoms with van der Waals surface area (Å²) in [6.45, 7) is 2.28. The molecule has 3 nitrogen and oxygen atoms in total. The number of amides is 1. The van der Waals surface area contributed by atoms with E-state index in [0.717, 1.165) is 12.1 Å². The van der Waals surface area contributed by atoms with Crippen molar-refractivity contribution in [2.75, 3.05) is 17.2 Å². The molecular formula is C16H16F2N2O. The highest BCUT2D eigenvalue weighted by Gasteiger charge is 2.16. The van der Waals surface area contributed by atoms with Gasteiger partial charge in [-0.1, -0.05) is 6.07 Å². The van der Waals surface area contributed by atoms with E-state index < -0.39 is 11.6 Å². The predicted molar refractivity (Wildman–Crippen MR) is 78.9 cm³/mol. The van der Waals surface area contributed by atoms with Gasteiger partial charge in [-0.25, -0.2) is 8.78 Å². The molecule has 0 unspecified atom stereocenters. The molecule has 0 spiro atoms. The molecule has 21 heavy (non-hydrogen) atoms. The van der Waals surface area contributed by atoms with Crippen LogP contribution >= 0.6 is 0 Å². The first-order valence-electron chi connectivity index (χ1n) is 6.61. The van der Waals surface area contributed by atoms with Crippen molar-refractivity contribution in [3.05, 3.63) is 59.7 Å². The zero-order chi connectivity index (χ0) is 15.4. The van der Waals surface area contributed by atoms with Gasteiger partial charge >= 0.3 is 0 Å². The molecule has 0 fully saturated rings. The average Bonchev–Trinajstić information content (AvgIpc) is 2.45. The van der Waals surface area contributed by atoms with E-state index in [1.807, 2.05) is 6.92 Å². The highest BCUT2D eigenvalue weighted by molar-refractivity contribution is 5.94. The zero-order valence-electron chi connectivity index (χ0n) is 11.6. The monoisotopic (exact) mass is 290 g/mol. The van der Waals surface area contributed by atoms with E-state index in [9.17, 15) is 13.6 Å². The van der Waals surface area contributed by atoms with Gasteiger partial charge < -0.3 is 10.6 Å². The van der Waals surface area contributed by atoms with Gasteiger partial charge in [0.1, 0.15) is 11.6 Å². The Labute approximate surface area is 122 Å². The summed E-state index contributed by atoms with van der Waals surface area (Å²) in [4.78, 5) is 13.8. The Hall–Kier alpha value is -2.43. The average molecular weight is 290 g/mol. The fourth-order valence-electron chi connectivity index (χ4n) is 2.08. The number of benzene rings is 2. The summed E-state index contributed by atoms with van der Waals surface area (Å²) in [5, 5.41) is 0. The van der Waals surface area contributed by atoms with Crippen LogP contribution < -0.4 is 10.6 Å². The van der Waals surface area contributed by atoms with Gasteiger partial charge in [-0.3, -0.25) is 4.79 Å². The number of nitrogen functional groups attached to an aromatic ring is 1. The molecule has 0 radical (unpaired) electrons. The summed E-state index contributed by atoms with van der Waals surface area (Å²) >= 11 is 0. The largest absolute Gasteiger partial charge is 0.399 e. The van der Waals surface area contributed by atoms with Crippen molar-refractivity contribution in [3.63, 3.8) is 0 Å². The number of nitrogens with two attached hydrogens (primary N) is 1. The van der Waals surface area contributed by atoms with Crippen LogP contribution in [0.5, 0.6) is 0 Å². The Morgan fingerprint density at radius 2 is 1.81 bits per heavy atom. The van der Waals surface area contributed by atoms with Gasteiger partial charge in [0.25, 0.3) is 0 Å². The van der Waals surface area contributed by atoms with Gasteiger partial charge in [-0.15, -0.1) is 0 Å². The Bertz CT molecular complexity index is 641. The third kappa shape index (κ3) is 3.56. The van der Waals surface area contributed by atoms with Crippen LogP contribution in [0.1, 0.15) is 12.5 Å². The molecule has 2 aromatic rings. The number of hydrogen-bond acceptors (Lipinski definition) is 2. The smallest absolute Gasteiger partial charge is 0.231 e. The van der Waals surface area contributed by atoms with Crippen molar-refractivity contribution in [3.8, 4) is 0 Å². The van der Waals surface area contributed by atoms with E-state index in [0.29, 0.717) is 17.9 Å². The second-order valence-corrected chi connectivity index (χ2v) is 4.64. The maximum atomic E-state index is 13.6. The quantitative estimate of drug-likeness (QED) is 0.879. The number of carbonyl (C=O) groups is 1. The molecular weight excluding hydrogens is 274 g/mol. The Morgan fingerprint density at radius 1 is 1.14 bits per heavy atom. The zero-order valence-corrected chi connectivity index (χ0v) is 11.6. The van der Waals surface area contributed by atoms with Crippen LogP contribution in [0.3, 0.4) is 0 Å². The van der Waals surface area contributed by atoms with Gasteiger partial charge in [0.15, 0.2) is 0 Å². The molecule has 0 saturated heterocycles. The molecule has 0 atom stereocenters. The fourth-order valence-corrected chi connectivity index (χ4v) is 2.08. The SMILES string of the molecule is CCN(C(=O)Cc1ccc(F)cc1F)c1ccc(N)cc1. The van der Waals surface area contributed by atoms with Gasteiger partial charge in [0.05, 0.1) is 6.42 Å². The number of carbonyl (C=O) groups excluding carboxylic acids is 1. The third-order valence-electron chi connectivity index (χ3n) is 3.18. The van der Waals surface area contributed by atoms with Gasteiger partial charge in [-0.05, 0) is 42.8 Å². The summed E-state index contributed by atoms with van der Waals surface area (Å²) in [5.41, 5.74) is 7.09. The first-order valence-corrected chi connectivity index (χ1v) is 6.61. The highest BCUT2D eigenvalue weighted by atomic mass is 19.1. The minimum Gasteiger partial charge on any atom is -0.399 e. The number of nitrogens with zero attached hydrogens (tertiary/aromatic N) is 1. The molecule has 0 aromatic heterocycles. The third-order valence-corrected chi connectivity index (χ3v) is 3.18. The second kappa shape index (κ2) is 6.35. The molecule has 0 aliphatic carbocycles. The summed E-state index contributed by atoms with van der Waals surface area (Å²) in [6.07, 6.45) is -0.121. The number of likely N-dealkylation sites (N-methyl/N-ethyl adjacent to an activating group) is 1. The van der Waals surface area contributed by atoms with Crippen molar-refractivity contribution in [2.24, 2.45) is 0 Å². The van der Waals surface area contributed by atoms with Crippen molar-refractivity contribution in [1.82, 2.24) is 0 Å². The second-order valence-electron chi connectivity index (χ2n) is 4.64. The van der Waals surface area contributed by atoms with Crippen molar-refractivity contribution >= 4 is 17.3 Å². The van der Waals surface area contributed by atoms with Crippen molar-refractivity contribution in [2.45, 2.75) is 13.3 Å². The molecule has 0 saturated carbocycles. The highest BCUT2D eigenvalue weighted by Crippen LogP contribution is 2.18. The standard InChI is InChI=1S/C16H16F2N2O/c1-2-20(14-7-5-13(19)6-8-14)16(21)9-11-3-4-12(17)10-15(11)18/h3-8,10H,2,9,19H2,1H3. The van der Waals surface area contributed by atoms with Crippen LogP contribution in [0.15, 0.2) is 42.5 Å². The lowest BCUT2D eigenvalue weighted by molar-refractivity contribution is -0.118. The summed E-state index contributed by atoms with van der Waals surface area (Å²) in [5.74, 6) is -1.63. The van der Waals surface area contributed by atoms with E-state index in [1.54, 1.807) is 24.3 Å². The normalized spacial score (nSPS) is 10.4. The molecule has 2 aromatic carbocycles. The predicted octanol–water partition coefficient (Wildman–Crippen LogP) is 3.14. The van der Waals surface area contributed by atoms with Gasteiger partial charge in [-0.2, -0.15) is 0 Å². The molecule has 0 heterocycles. The Balaban J connectivity index is 2.18. The van der Waals surface area contributed by atoms with Gasteiger partial charge in [0.2, 0.25) is 5.91 Å². The van der Waals surface area contributed by atoms with E-state index in [1.165, 1.54) is 11.0 Å². The maximum absolute atomic E-state index is 13.6. The number of anilines is 2. The molecule has 0 bridgehead atoms. The van der Waals surface area contributed by atoms with Crippen LogP contribution in [0, 0.1) is 11.6 Å². The minimum atomic E-state index is -0.711. The van der Waals surface area contributed by atoms with E-state index in [2.05, 4.69) is 0 Å². The first kappa shape index (κ1) is 15.0. The first-order chi connectivity index (χ1) is 10.0. The van der Waals surface area contributed by atoms with Crippen LogP contribution in [-0.4, -0.2) is 12.5 Å². The molecule has 2 rings (SSSR count). The van der Waals surface area contributed by atoms with E-state index in [-0.39, 0.29) is 17.9 Å². The number of hydrogen-bond donors (Lipinski definition) is 1. The minimum absolute atomic E-state index is 0.121.